The van der Waals surface area contributed by atoms with E-state index in [1.807, 2.05) is 30.0 Å². The highest BCUT2D eigenvalue weighted by Crippen LogP contribution is 2.40. The molecule has 0 aliphatic carbocycles. The molecular weight excluding hydrogens is 284 g/mol. The van der Waals surface area contributed by atoms with Crippen molar-refractivity contribution in [3.8, 4) is 5.75 Å². The fraction of sp³-hybridized carbons (Fsp3) is 0.647. The van der Waals surface area contributed by atoms with E-state index in [0.29, 0.717) is 0 Å². The molecule has 3 nitrogen and oxygen atoms in total. The Morgan fingerprint density at radius 2 is 2.33 bits per heavy atom. The summed E-state index contributed by atoms with van der Waals surface area (Å²) in [5.41, 5.74) is 2.07. The van der Waals surface area contributed by atoms with E-state index >= 15 is 0 Å². The van der Waals surface area contributed by atoms with E-state index in [0.717, 1.165) is 48.5 Å². The fourth-order valence-electron chi connectivity index (χ4n) is 3.22. The van der Waals surface area contributed by atoms with Gasteiger partial charge in [-0.25, -0.2) is 0 Å². The molecule has 0 aromatic heterocycles. The molecule has 0 amide bonds. The maximum Gasteiger partial charge on any atom is 0.125 e. The van der Waals surface area contributed by atoms with Gasteiger partial charge in [0.1, 0.15) is 11.9 Å². The first-order valence-electron chi connectivity index (χ1n) is 7.75. The lowest BCUT2D eigenvalue weighted by molar-refractivity contribution is -0.0961. The molecule has 2 saturated heterocycles. The summed E-state index contributed by atoms with van der Waals surface area (Å²) >= 11 is 1.98. The van der Waals surface area contributed by atoms with Crippen molar-refractivity contribution >= 4 is 11.8 Å². The van der Waals surface area contributed by atoms with Crippen molar-refractivity contribution in [2.45, 2.75) is 50.9 Å². The molecule has 2 heterocycles. The lowest BCUT2D eigenvalue weighted by atomic mass is 9.91. The van der Waals surface area contributed by atoms with Crippen LogP contribution in [0.15, 0.2) is 18.2 Å². The maximum absolute atomic E-state index is 9.92. The standard InChI is InChI=1S/C17H24O3S/c1-12-3-4-15(13(2)18)16(9-12)20-14-5-7-19-17(10-14)6-8-21-11-17/h3-4,9,13-14,18H,5-8,10-11H2,1-2H3/t13-,14?,17?/m0/s1. The third-order valence-corrected chi connectivity index (χ3v) is 5.65. The molecule has 2 aliphatic heterocycles. The van der Waals surface area contributed by atoms with E-state index in [4.69, 9.17) is 9.47 Å². The molecule has 1 N–H and O–H groups in total. The van der Waals surface area contributed by atoms with E-state index in [2.05, 4.69) is 6.92 Å². The van der Waals surface area contributed by atoms with Gasteiger partial charge in [0.2, 0.25) is 0 Å². The first-order chi connectivity index (χ1) is 10.1. The van der Waals surface area contributed by atoms with Crippen molar-refractivity contribution in [1.82, 2.24) is 0 Å². The Hall–Kier alpha value is -0.710. The quantitative estimate of drug-likeness (QED) is 0.928. The lowest BCUT2D eigenvalue weighted by Crippen LogP contribution is -2.43. The van der Waals surface area contributed by atoms with E-state index in [9.17, 15) is 5.11 Å². The summed E-state index contributed by atoms with van der Waals surface area (Å²) in [6, 6.07) is 6.03. The molecule has 2 fully saturated rings. The molecule has 21 heavy (non-hydrogen) atoms. The Morgan fingerprint density at radius 1 is 1.48 bits per heavy atom. The number of hydrogen-bond donors (Lipinski definition) is 1. The summed E-state index contributed by atoms with van der Waals surface area (Å²) in [6.45, 7) is 4.62. The van der Waals surface area contributed by atoms with Crippen LogP contribution in [0.4, 0.5) is 0 Å². The van der Waals surface area contributed by atoms with Gasteiger partial charge >= 0.3 is 0 Å². The van der Waals surface area contributed by atoms with Crippen LogP contribution in [0.2, 0.25) is 0 Å². The van der Waals surface area contributed by atoms with Gasteiger partial charge in [-0.3, -0.25) is 0 Å². The SMILES string of the molecule is Cc1ccc([C@H](C)O)c(OC2CCOC3(CCSC3)C2)c1. The van der Waals surface area contributed by atoms with Crippen molar-refractivity contribution in [3.63, 3.8) is 0 Å². The van der Waals surface area contributed by atoms with Gasteiger partial charge in [0.15, 0.2) is 0 Å². The molecule has 1 aromatic carbocycles. The number of aryl methyl sites for hydroxylation is 1. The third-order valence-electron chi connectivity index (χ3n) is 4.43. The van der Waals surface area contributed by atoms with Gasteiger partial charge in [-0.1, -0.05) is 12.1 Å². The highest BCUT2D eigenvalue weighted by Gasteiger charge is 2.41. The highest BCUT2D eigenvalue weighted by molar-refractivity contribution is 7.99. The lowest BCUT2D eigenvalue weighted by Gasteiger charge is -2.38. The van der Waals surface area contributed by atoms with Gasteiger partial charge in [0.25, 0.3) is 0 Å². The van der Waals surface area contributed by atoms with Crippen LogP contribution in [0.25, 0.3) is 0 Å². The Kier molecular flexibility index (Phi) is 4.48. The van der Waals surface area contributed by atoms with Gasteiger partial charge < -0.3 is 14.6 Å². The average Bonchev–Trinajstić information content (AvgIpc) is 2.86. The molecule has 3 rings (SSSR count). The van der Waals surface area contributed by atoms with Crippen LogP contribution in [-0.2, 0) is 4.74 Å². The Labute approximate surface area is 131 Å². The topological polar surface area (TPSA) is 38.7 Å². The summed E-state index contributed by atoms with van der Waals surface area (Å²) in [5.74, 6) is 3.11. The first kappa shape index (κ1) is 15.2. The summed E-state index contributed by atoms with van der Waals surface area (Å²) in [4.78, 5) is 0. The van der Waals surface area contributed by atoms with Crippen LogP contribution < -0.4 is 4.74 Å². The second-order valence-electron chi connectivity index (χ2n) is 6.28. The Balaban J connectivity index is 1.75. The number of ether oxygens (including phenoxy) is 2. The van der Waals surface area contributed by atoms with Crippen LogP contribution in [-0.4, -0.2) is 34.9 Å². The molecule has 2 aliphatic rings. The second kappa shape index (κ2) is 6.19. The zero-order chi connectivity index (χ0) is 14.9. The van der Waals surface area contributed by atoms with Gasteiger partial charge in [-0.15, -0.1) is 0 Å². The van der Waals surface area contributed by atoms with E-state index in [1.54, 1.807) is 6.92 Å². The van der Waals surface area contributed by atoms with Crippen molar-refractivity contribution < 1.29 is 14.6 Å². The van der Waals surface area contributed by atoms with Crippen LogP contribution >= 0.6 is 11.8 Å². The normalized spacial score (nSPS) is 30.5. The van der Waals surface area contributed by atoms with Crippen molar-refractivity contribution in [2.75, 3.05) is 18.1 Å². The largest absolute Gasteiger partial charge is 0.490 e. The number of benzene rings is 1. The number of aliphatic hydroxyl groups excluding tert-OH is 1. The molecule has 0 saturated carbocycles. The molecule has 3 atom stereocenters. The number of thioether (sulfide) groups is 1. The van der Waals surface area contributed by atoms with Gasteiger partial charge in [-0.05, 0) is 37.7 Å². The second-order valence-corrected chi connectivity index (χ2v) is 7.39. The molecule has 1 aromatic rings. The minimum absolute atomic E-state index is 0.0302. The first-order valence-corrected chi connectivity index (χ1v) is 8.90. The van der Waals surface area contributed by atoms with Gasteiger partial charge in [0, 0.05) is 24.2 Å². The van der Waals surface area contributed by atoms with Gasteiger partial charge in [0.05, 0.1) is 18.3 Å². The van der Waals surface area contributed by atoms with E-state index in [1.165, 1.54) is 5.75 Å². The molecule has 1 spiro atoms. The average molecular weight is 308 g/mol. The zero-order valence-electron chi connectivity index (χ0n) is 12.8. The fourth-order valence-corrected chi connectivity index (χ4v) is 4.59. The van der Waals surface area contributed by atoms with Crippen LogP contribution in [0, 0.1) is 6.92 Å². The van der Waals surface area contributed by atoms with Crippen molar-refractivity contribution in [2.24, 2.45) is 0 Å². The summed E-state index contributed by atoms with van der Waals surface area (Å²) in [5, 5.41) is 9.92. The van der Waals surface area contributed by atoms with Gasteiger partial charge in [-0.2, -0.15) is 11.8 Å². The Bertz CT molecular complexity index is 495. The minimum Gasteiger partial charge on any atom is -0.490 e. The Morgan fingerprint density at radius 3 is 3.05 bits per heavy atom. The number of hydrogen-bond acceptors (Lipinski definition) is 4. The molecule has 0 bridgehead atoms. The number of aliphatic hydroxyl groups is 1. The van der Waals surface area contributed by atoms with E-state index in [-0.39, 0.29) is 11.7 Å². The van der Waals surface area contributed by atoms with Crippen LogP contribution in [0.5, 0.6) is 5.75 Å². The smallest absolute Gasteiger partial charge is 0.125 e. The number of rotatable bonds is 3. The predicted molar refractivity (Wildman–Crippen MR) is 86.1 cm³/mol. The van der Waals surface area contributed by atoms with E-state index < -0.39 is 6.10 Å². The molecule has 4 heteroatoms. The van der Waals surface area contributed by atoms with Crippen LogP contribution in [0.3, 0.4) is 0 Å². The molecule has 2 unspecified atom stereocenters. The van der Waals surface area contributed by atoms with Crippen molar-refractivity contribution in [1.29, 1.82) is 0 Å². The van der Waals surface area contributed by atoms with Crippen molar-refractivity contribution in [3.05, 3.63) is 29.3 Å². The monoisotopic (exact) mass is 308 g/mol. The predicted octanol–water partition coefficient (Wildman–Crippen LogP) is 3.48. The third kappa shape index (κ3) is 3.38. The molecular formula is C17H24O3S. The highest BCUT2D eigenvalue weighted by atomic mass is 32.2. The summed E-state index contributed by atoms with van der Waals surface area (Å²) in [7, 11) is 0. The van der Waals surface area contributed by atoms with Crippen LogP contribution in [0.1, 0.15) is 43.4 Å². The zero-order valence-corrected chi connectivity index (χ0v) is 13.6. The summed E-state index contributed by atoms with van der Waals surface area (Å²) in [6.07, 6.45) is 2.72. The summed E-state index contributed by atoms with van der Waals surface area (Å²) < 4.78 is 12.3. The molecule has 116 valence electrons. The maximum atomic E-state index is 9.92. The molecule has 0 radical (unpaired) electrons. The minimum atomic E-state index is -0.503.